The summed E-state index contributed by atoms with van der Waals surface area (Å²) in [6.45, 7) is 5.49. The first-order valence-electron chi connectivity index (χ1n) is 5.41. The van der Waals surface area contributed by atoms with Gasteiger partial charge < -0.3 is 10.4 Å². The van der Waals surface area contributed by atoms with E-state index in [2.05, 4.69) is 10.3 Å². The zero-order chi connectivity index (χ0) is 13.0. The van der Waals surface area contributed by atoms with Crippen LogP contribution in [-0.4, -0.2) is 28.0 Å². The van der Waals surface area contributed by atoms with Crippen molar-refractivity contribution in [3.05, 3.63) is 16.1 Å². The number of thiazole rings is 1. The average molecular weight is 256 g/mol. The fraction of sp³-hybridized carbons (Fsp3) is 0.545. The molecule has 0 radical (unpaired) electrons. The molecule has 94 valence electrons. The Morgan fingerprint density at radius 1 is 1.59 bits per heavy atom. The monoisotopic (exact) mass is 256 g/mol. The summed E-state index contributed by atoms with van der Waals surface area (Å²) in [5.74, 6) is -1.48. The highest BCUT2D eigenvalue weighted by Gasteiger charge is 2.26. The van der Waals surface area contributed by atoms with Crippen LogP contribution in [0.3, 0.4) is 0 Å². The SMILES string of the molecule is CC[C@H](C)[C@H](NC(=O)c1cnc(C)s1)C(=O)O. The van der Waals surface area contributed by atoms with Gasteiger partial charge in [-0.25, -0.2) is 9.78 Å². The summed E-state index contributed by atoms with van der Waals surface area (Å²) in [6, 6.07) is -0.852. The number of hydrogen-bond donors (Lipinski definition) is 2. The molecule has 17 heavy (non-hydrogen) atoms. The number of carboxylic acids is 1. The molecule has 1 aromatic rings. The minimum atomic E-state index is -1.01. The number of aromatic nitrogens is 1. The number of aliphatic carboxylic acids is 1. The molecule has 0 unspecified atom stereocenters. The molecule has 0 spiro atoms. The number of hydrogen-bond acceptors (Lipinski definition) is 4. The lowest BCUT2D eigenvalue weighted by Gasteiger charge is -2.19. The number of nitrogens with one attached hydrogen (secondary N) is 1. The molecule has 6 heteroatoms. The summed E-state index contributed by atoms with van der Waals surface area (Å²) in [4.78, 5) is 27.2. The molecule has 0 saturated heterocycles. The quantitative estimate of drug-likeness (QED) is 0.840. The molecule has 1 heterocycles. The third kappa shape index (κ3) is 3.52. The smallest absolute Gasteiger partial charge is 0.326 e. The Morgan fingerprint density at radius 3 is 2.65 bits per heavy atom. The number of carboxylic acid groups (broad SMARTS) is 1. The van der Waals surface area contributed by atoms with E-state index in [4.69, 9.17) is 5.11 Å². The maximum atomic E-state index is 11.8. The lowest BCUT2D eigenvalue weighted by molar-refractivity contribution is -0.140. The molecule has 1 amide bonds. The van der Waals surface area contributed by atoms with E-state index in [1.807, 2.05) is 6.92 Å². The summed E-state index contributed by atoms with van der Waals surface area (Å²) in [5.41, 5.74) is 0. The van der Waals surface area contributed by atoms with Crippen molar-refractivity contribution in [2.24, 2.45) is 5.92 Å². The molecule has 0 aliphatic rings. The molecule has 2 N–H and O–H groups in total. The number of rotatable bonds is 5. The van der Waals surface area contributed by atoms with E-state index in [0.29, 0.717) is 11.3 Å². The van der Waals surface area contributed by atoms with Crippen molar-refractivity contribution in [3.8, 4) is 0 Å². The summed E-state index contributed by atoms with van der Waals surface area (Å²) >= 11 is 1.25. The highest BCUT2D eigenvalue weighted by Crippen LogP contribution is 2.13. The minimum Gasteiger partial charge on any atom is -0.480 e. The summed E-state index contributed by atoms with van der Waals surface area (Å²) < 4.78 is 0. The van der Waals surface area contributed by atoms with E-state index >= 15 is 0 Å². The molecule has 2 atom stereocenters. The van der Waals surface area contributed by atoms with Crippen molar-refractivity contribution in [2.45, 2.75) is 33.2 Å². The maximum absolute atomic E-state index is 11.8. The normalized spacial score (nSPS) is 14.1. The number of carbonyl (C=O) groups is 2. The molecule has 0 aliphatic heterocycles. The number of amides is 1. The lowest BCUT2D eigenvalue weighted by atomic mass is 9.99. The standard InChI is InChI=1S/C11H16N2O3S/c1-4-6(2)9(11(15)16)13-10(14)8-5-12-7(3)17-8/h5-6,9H,4H2,1-3H3,(H,13,14)(H,15,16)/t6-,9-/m0/s1. The topological polar surface area (TPSA) is 79.3 Å². The van der Waals surface area contributed by atoms with Crippen molar-refractivity contribution in [2.75, 3.05) is 0 Å². The van der Waals surface area contributed by atoms with Crippen LogP contribution in [0, 0.1) is 12.8 Å². The van der Waals surface area contributed by atoms with E-state index in [1.165, 1.54) is 17.5 Å². The minimum absolute atomic E-state index is 0.106. The molecule has 0 aliphatic carbocycles. The molecule has 1 aromatic heterocycles. The van der Waals surface area contributed by atoms with Crippen LogP contribution in [0.1, 0.15) is 34.9 Å². The third-order valence-electron chi connectivity index (χ3n) is 2.61. The molecule has 0 saturated carbocycles. The van der Waals surface area contributed by atoms with E-state index in [1.54, 1.807) is 13.8 Å². The molecule has 5 nitrogen and oxygen atoms in total. The van der Waals surface area contributed by atoms with Gasteiger partial charge in [-0.05, 0) is 12.8 Å². The second-order valence-corrected chi connectivity index (χ2v) is 5.15. The zero-order valence-electron chi connectivity index (χ0n) is 10.1. The van der Waals surface area contributed by atoms with Crippen molar-refractivity contribution < 1.29 is 14.7 Å². The number of nitrogens with zero attached hydrogens (tertiary/aromatic N) is 1. The van der Waals surface area contributed by atoms with Crippen LogP contribution in [0.2, 0.25) is 0 Å². The summed E-state index contributed by atoms with van der Waals surface area (Å²) in [7, 11) is 0. The highest BCUT2D eigenvalue weighted by atomic mass is 32.1. The second-order valence-electron chi connectivity index (χ2n) is 3.92. The van der Waals surface area contributed by atoms with Crippen molar-refractivity contribution in [1.82, 2.24) is 10.3 Å². The van der Waals surface area contributed by atoms with Crippen molar-refractivity contribution in [3.63, 3.8) is 0 Å². The Balaban J connectivity index is 2.74. The summed E-state index contributed by atoms with van der Waals surface area (Å²) in [6.07, 6.45) is 2.16. The first kappa shape index (κ1) is 13.6. The Hall–Kier alpha value is -1.43. The Labute approximate surface area is 104 Å². The van der Waals surface area contributed by atoms with Crippen LogP contribution in [0.5, 0.6) is 0 Å². The van der Waals surface area contributed by atoms with Gasteiger partial charge in [-0.1, -0.05) is 20.3 Å². The largest absolute Gasteiger partial charge is 0.480 e. The molecule has 1 rings (SSSR count). The highest BCUT2D eigenvalue weighted by molar-refractivity contribution is 7.13. The van der Waals surface area contributed by atoms with Gasteiger partial charge in [0.15, 0.2) is 0 Å². The molecule has 0 fully saturated rings. The van der Waals surface area contributed by atoms with Crippen LogP contribution < -0.4 is 5.32 Å². The van der Waals surface area contributed by atoms with Crippen LogP contribution in [0.15, 0.2) is 6.20 Å². The van der Waals surface area contributed by atoms with Crippen LogP contribution in [0.4, 0.5) is 0 Å². The average Bonchev–Trinajstić information content (AvgIpc) is 2.71. The van der Waals surface area contributed by atoms with Gasteiger partial charge in [0.2, 0.25) is 0 Å². The summed E-state index contributed by atoms with van der Waals surface area (Å²) in [5, 5.41) is 12.4. The van der Waals surface area contributed by atoms with Crippen LogP contribution in [-0.2, 0) is 4.79 Å². The van der Waals surface area contributed by atoms with Gasteiger partial charge in [0.05, 0.1) is 11.2 Å². The maximum Gasteiger partial charge on any atom is 0.326 e. The molecule has 0 bridgehead atoms. The lowest BCUT2D eigenvalue weighted by Crippen LogP contribution is -2.44. The predicted molar refractivity (Wildman–Crippen MR) is 65.2 cm³/mol. The molecular weight excluding hydrogens is 240 g/mol. The molecule has 0 aromatic carbocycles. The van der Waals surface area contributed by atoms with Gasteiger partial charge in [0.1, 0.15) is 10.9 Å². The van der Waals surface area contributed by atoms with E-state index in [-0.39, 0.29) is 11.8 Å². The van der Waals surface area contributed by atoms with E-state index in [0.717, 1.165) is 5.01 Å². The third-order valence-corrected chi connectivity index (χ3v) is 3.52. The fourth-order valence-corrected chi connectivity index (χ4v) is 2.04. The van der Waals surface area contributed by atoms with Gasteiger partial charge in [-0.2, -0.15) is 0 Å². The van der Waals surface area contributed by atoms with Crippen LogP contribution >= 0.6 is 11.3 Å². The second kappa shape index (κ2) is 5.77. The van der Waals surface area contributed by atoms with Gasteiger partial charge in [-0.3, -0.25) is 4.79 Å². The Kier molecular flexibility index (Phi) is 4.62. The first-order valence-corrected chi connectivity index (χ1v) is 6.23. The Bertz CT molecular complexity index is 417. The fourth-order valence-electron chi connectivity index (χ4n) is 1.36. The van der Waals surface area contributed by atoms with Crippen LogP contribution in [0.25, 0.3) is 0 Å². The van der Waals surface area contributed by atoms with Crippen molar-refractivity contribution in [1.29, 1.82) is 0 Å². The van der Waals surface area contributed by atoms with Gasteiger partial charge in [-0.15, -0.1) is 11.3 Å². The Morgan fingerprint density at radius 2 is 2.24 bits per heavy atom. The zero-order valence-corrected chi connectivity index (χ0v) is 10.9. The van der Waals surface area contributed by atoms with E-state index < -0.39 is 12.0 Å². The molecular formula is C11H16N2O3S. The van der Waals surface area contributed by atoms with Crippen molar-refractivity contribution >= 4 is 23.2 Å². The van der Waals surface area contributed by atoms with Gasteiger partial charge in [0, 0.05) is 0 Å². The predicted octanol–water partition coefficient (Wildman–Crippen LogP) is 1.68. The first-order chi connectivity index (χ1) is 7.95. The number of aryl methyl sites for hydroxylation is 1. The van der Waals surface area contributed by atoms with E-state index in [9.17, 15) is 9.59 Å². The van der Waals surface area contributed by atoms with Gasteiger partial charge >= 0.3 is 5.97 Å². The number of carbonyl (C=O) groups excluding carboxylic acids is 1. The van der Waals surface area contributed by atoms with Gasteiger partial charge in [0.25, 0.3) is 5.91 Å².